The first-order chi connectivity index (χ1) is 41.8. The summed E-state index contributed by atoms with van der Waals surface area (Å²) in [5.74, 6) is -6.24. The summed E-state index contributed by atoms with van der Waals surface area (Å²) >= 11 is 0. The number of primary amides is 6. The highest BCUT2D eigenvalue weighted by atomic mass is 31.2. The standard InChI is InChI=1S/C62H96N13O14P/c1-29-20-39-40(21-30(29)2)75(28-70-39)57-52(84)53(41(27-76)87-57)89-90(85,86)88-31(3)26-69-49(83)18-19-59(8)37(22-46(66)80)56-62(11)61(10,25-48(68)82)36(14-17-45(65)79)51(74-62)33(5)55-60(9,24-47(67)81)34(12-15-43(63)77)38(71-55)23-42-58(6,7)35(13-16-44(64)78)50(72-42)32(4)54(59)73-56/h20-21,23,28,31,34-38,41,50,52-53,55-57,71-74,76,84H,12-19,22,24-27H2,1-11H3,(H2,63,77)(H2,64,78)(H2,65,79)(H2,66,80)(H2,67,81)(H2,68,82)(H,69,83)(H,85,86)/b42-23-,51-33-,54-32-/t31-,34-,35-,36-,37+,38?,41-,50?,52-,53-,55?,56-,57+,59-,60+,61+,62+/m1/s1. The summed E-state index contributed by atoms with van der Waals surface area (Å²) < 4.78 is 32.3. The Morgan fingerprint density at radius 1 is 0.800 bits per heavy atom. The van der Waals surface area contributed by atoms with Crippen molar-refractivity contribution >= 4 is 60.2 Å². The molecule has 6 aliphatic heterocycles. The molecule has 20 N–H and O–H groups in total. The van der Waals surface area contributed by atoms with E-state index in [1.165, 1.54) is 13.3 Å². The number of carbonyl (C=O) groups excluding carboxylic acids is 7. The number of hydrogen-bond acceptors (Lipinski definition) is 18. The predicted molar refractivity (Wildman–Crippen MR) is 332 cm³/mol. The molecule has 0 saturated carbocycles. The van der Waals surface area contributed by atoms with Gasteiger partial charge in [0.25, 0.3) is 0 Å². The van der Waals surface area contributed by atoms with E-state index in [1.807, 2.05) is 67.5 Å². The number of nitrogens with two attached hydrogens (primary N) is 6. The molecule has 498 valence electrons. The number of phosphoric acid groups is 1. The van der Waals surface area contributed by atoms with Crippen LogP contribution >= 0.6 is 7.82 Å². The van der Waals surface area contributed by atoms with Gasteiger partial charge in [-0.25, -0.2) is 9.55 Å². The van der Waals surface area contributed by atoms with Gasteiger partial charge in [0.15, 0.2) is 6.23 Å². The van der Waals surface area contributed by atoms with E-state index in [0.29, 0.717) is 28.8 Å². The zero-order valence-electron chi connectivity index (χ0n) is 53.6. The maximum atomic E-state index is 14.4. The number of benzene rings is 1. The SMILES string of the molecule is C/C1=C2/N[C@H]([C@H](CC(N)=O)[C@@]2(C)CCC(=O)NC[C@@H](C)OP(=O)(O)O[C@H]2[C@@H](O)[C@@H](n3cnc4cc(C)c(C)cc43)O[C@@H]2CO)[C@]2(C)N/C(=C(/C)C3NC(/C=C4\NC1[C@@H](CCC(N)=O)C4(C)C)[C@@H](CCC(N)=O)[C@]3(C)CC(N)=O)[C@@H](CCC(N)=O)[C@]2(C)CC(N)=O. The highest BCUT2D eigenvalue weighted by Gasteiger charge is 2.67. The molecule has 0 spiro atoms. The Bertz CT molecular complexity index is 3330. The lowest BCUT2D eigenvalue weighted by molar-refractivity contribution is -0.124. The van der Waals surface area contributed by atoms with Crippen molar-refractivity contribution < 1.29 is 67.0 Å². The molecule has 5 fully saturated rings. The van der Waals surface area contributed by atoms with Gasteiger partial charge in [0.1, 0.15) is 18.3 Å². The molecular weight excluding hydrogens is 1180 g/mol. The van der Waals surface area contributed by atoms with Crippen molar-refractivity contribution in [3.05, 3.63) is 63.9 Å². The Balaban J connectivity index is 1.18. The molecular formula is C62H96N13O14P. The number of aryl methyl sites for hydroxylation is 2. The van der Waals surface area contributed by atoms with Crippen LogP contribution in [0.25, 0.3) is 11.0 Å². The zero-order chi connectivity index (χ0) is 66.7. The third kappa shape index (κ3) is 13.2. The molecule has 8 bridgehead atoms. The van der Waals surface area contributed by atoms with Gasteiger partial charge in [-0.3, -0.25) is 42.6 Å². The number of hydrogen-bond donors (Lipinski definition) is 14. The van der Waals surface area contributed by atoms with Gasteiger partial charge in [-0.2, -0.15) is 0 Å². The average Bonchev–Trinajstić information content (AvgIpc) is 1.53. The molecule has 1 aromatic carbocycles. The van der Waals surface area contributed by atoms with Gasteiger partial charge in [0.05, 0.1) is 47.7 Å². The first-order valence-corrected chi connectivity index (χ1v) is 32.6. The predicted octanol–water partition coefficient (Wildman–Crippen LogP) is 1.71. The van der Waals surface area contributed by atoms with E-state index in [2.05, 4.69) is 51.5 Å². The number of aliphatic hydroxyl groups is 2. The number of fused-ring (bicyclic) bond motifs is 10. The van der Waals surface area contributed by atoms with Crippen LogP contribution < -0.4 is 61.0 Å². The fourth-order valence-electron chi connectivity index (χ4n) is 16.6. The van der Waals surface area contributed by atoms with Crippen LogP contribution in [0.1, 0.15) is 150 Å². The number of amides is 7. The number of rotatable bonds is 26. The van der Waals surface area contributed by atoms with Crippen LogP contribution in [0.3, 0.4) is 0 Å². The van der Waals surface area contributed by atoms with Crippen LogP contribution in [0.5, 0.6) is 0 Å². The molecule has 18 atom stereocenters. The fourth-order valence-corrected chi connectivity index (χ4v) is 17.8. The monoisotopic (exact) mass is 1280 g/mol. The van der Waals surface area contributed by atoms with Crippen LogP contribution in [0, 0.1) is 59.2 Å². The maximum absolute atomic E-state index is 14.4. The first kappa shape index (κ1) is 69.4. The van der Waals surface area contributed by atoms with Crippen molar-refractivity contribution in [2.75, 3.05) is 13.2 Å². The van der Waals surface area contributed by atoms with E-state index in [9.17, 15) is 53.2 Å². The minimum atomic E-state index is -5.05. The summed E-state index contributed by atoms with van der Waals surface area (Å²) in [6.07, 6.45) is -3.15. The quantitative estimate of drug-likeness (QED) is 0.0596. The van der Waals surface area contributed by atoms with E-state index in [4.69, 9.17) is 48.2 Å². The van der Waals surface area contributed by atoms with Crippen LogP contribution in [0.2, 0.25) is 0 Å². The van der Waals surface area contributed by atoms with Gasteiger partial charge in [-0.05, 0) is 120 Å². The molecule has 7 amide bonds. The van der Waals surface area contributed by atoms with Crippen molar-refractivity contribution in [2.45, 2.75) is 207 Å². The van der Waals surface area contributed by atoms with E-state index in [0.717, 1.165) is 28.0 Å². The van der Waals surface area contributed by atoms with Crippen molar-refractivity contribution in [2.24, 2.45) is 79.7 Å². The molecule has 4 unspecified atom stereocenters. The minimum Gasteiger partial charge on any atom is -0.394 e. The number of phosphoric ester groups is 1. The summed E-state index contributed by atoms with van der Waals surface area (Å²) in [7, 11) is -5.05. The summed E-state index contributed by atoms with van der Waals surface area (Å²) in [6.45, 7) is 20.1. The molecule has 0 aliphatic carbocycles. The van der Waals surface area contributed by atoms with Crippen LogP contribution in [0.4, 0.5) is 0 Å². The number of nitrogens with one attached hydrogen (secondary N) is 5. The van der Waals surface area contributed by atoms with Crippen LogP contribution in [-0.2, 0) is 51.9 Å². The number of allylic oxidation sites excluding steroid dienone is 3. The molecule has 2 aromatic rings. The number of imidazole rings is 1. The Morgan fingerprint density at radius 2 is 1.41 bits per heavy atom. The molecule has 90 heavy (non-hydrogen) atoms. The number of ether oxygens (including phenoxy) is 1. The van der Waals surface area contributed by atoms with E-state index >= 15 is 0 Å². The molecule has 28 heteroatoms. The van der Waals surface area contributed by atoms with Gasteiger partial charge >= 0.3 is 7.82 Å². The van der Waals surface area contributed by atoms with E-state index < -0.39 is 156 Å². The van der Waals surface area contributed by atoms with Gasteiger partial charge < -0.3 is 85.4 Å². The van der Waals surface area contributed by atoms with Gasteiger partial charge in [-0.15, -0.1) is 0 Å². The smallest absolute Gasteiger partial charge is 0.394 e. The Hall–Kier alpha value is -6.45. The average molecular weight is 1280 g/mol. The maximum Gasteiger partial charge on any atom is 0.472 e. The molecule has 6 aliphatic rings. The molecule has 7 heterocycles. The minimum absolute atomic E-state index is 0.0118. The van der Waals surface area contributed by atoms with Crippen molar-refractivity contribution in [1.82, 2.24) is 36.1 Å². The molecule has 5 saturated heterocycles. The topological polar surface area (TPSA) is 459 Å². The fraction of sp³-hybridized carbons (Fsp3) is 0.677. The molecule has 1 aromatic heterocycles. The lowest BCUT2D eigenvalue weighted by Crippen LogP contribution is -2.63. The molecule has 27 nitrogen and oxygen atoms in total. The molecule has 0 radical (unpaired) electrons. The summed E-state index contributed by atoms with van der Waals surface area (Å²) in [5, 5.41) is 40.2. The zero-order valence-corrected chi connectivity index (χ0v) is 54.5. The highest BCUT2D eigenvalue weighted by molar-refractivity contribution is 7.47. The second-order valence-corrected chi connectivity index (χ2v) is 29.3. The van der Waals surface area contributed by atoms with Gasteiger partial charge in [0.2, 0.25) is 41.4 Å². The van der Waals surface area contributed by atoms with E-state index in [1.54, 1.807) is 4.57 Å². The van der Waals surface area contributed by atoms with Gasteiger partial charge in [-0.1, -0.05) is 34.6 Å². The first-order valence-electron chi connectivity index (χ1n) is 31.1. The summed E-state index contributed by atoms with van der Waals surface area (Å²) in [4.78, 5) is 109. The third-order valence-corrected chi connectivity index (χ3v) is 22.8. The largest absolute Gasteiger partial charge is 0.472 e. The summed E-state index contributed by atoms with van der Waals surface area (Å²) in [6, 6.07) is 1.22. The van der Waals surface area contributed by atoms with Crippen LogP contribution in [-0.4, -0.2) is 133 Å². The summed E-state index contributed by atoms with van der Waals surface area (Å²) in [5.41, 5.74) is 37.8. The second-order valence-electron chi connectivity index (χ2n) is 27.9. The van der Waals surface area contributed by atoms with Crippen molar-refractivity contribution in [1.29, 1.82) is 0 Å². The Morgan fingerprint density at radius 3 is 2.01 bits per heavy atom. The lowest BCUT2D eigenvalue weighted by Gasteiger charge is -2.49. The lowest BCUT2D eigenvalue weighted by atomic mass is 9.57. The Labute approximate surface area is 525 Å². The molecule has 8 rings (SSSR count). The number of nitrogens with zero attached hydrogens (tertiary/aromatic N) is 2. The van der Waals surface area contributed by atoms with Crippen LogP contribution in [0.15, 0.2) is 52.8 Å². The van der Waals surface area contributed by atoms with Gasteiger partial charge in [0, 0.05) is 114 Å². The number of aliphatic hydroxyl groups excluding tert-OH is 2. The highest BCUT2D eigenvalue weighted by Crippen LogP contribution is 2.63. The number of aromatic nitrogens is 2. The third-order valence-electron chi connectivity index (χ3n) is 21.7. The van der Waals surface area contributed by atoms with Crippen molar-refractivity contribution in [3.8, 4) is 0 Å². The number of carbonyl (C=O) groups is 7. The van der Waals surface area contributed by atoms with E-state index in [-0.39, 0.29) is 76.7 Å². The van der Waals surface area contributed by atoms with Crippen molar-refractivity contribution in [3.63, 3.8) is 0 Å². The Kier molecular flexibility index (Phi) is 20.0. The second kappa shape index (κ2) is 25.9. The normalized spacial score (nSPS) is 36.7.